The maximum absolute atomic E-state index is 4.80. The van der Waals surface area contributed by atoms with Gasteiger partial charge in [0.25, 0.3) is 0 Å². The van der Waals surface area contributed by atoms with Crippen LogP contribution in [0.2, 0.25) is 0 Å². The molecule has 4 nitrogen and oxygen atoms in total. The lowest BCUT2D eigenvalue weighted by Gasteiger charge is -2.21. The van der Waals surface area contributed by atoms with Gasteiger partial charge in [-0.15, -0.1) is 0 Å². The second-order valence-electron chi connectivity index (χ2n) is 5.33. The molecule has 0 unspecified atom stereocenters. The van der Waals surface area contributed by atoms with E-state index >= 15 is 0 Å². The number of hydrogen-bond acceptors (Lipinski definition) is 4. The van der Waals surface area contributed by atoms with E-state index in [9.17, 15) is 0 Å². The van der Waals surface area contributed by atoms with Crippen LogP contribution in [0.1, 0.15) is 36.7 Å². The van der Waals surface area contributed by atoms with Crippen LogP contribution in [0, 0.1) is 0 Å². The topological polar surface area (TPSA) is 50.7 Å². The first-order valence-corrected chi connectivity index (χ1v) is 7.66. The van der Waals surface area contributed by atoms with E-state index in [1.54, 1.807) is 6.20 Å². The number of fused-ring (bicyclic) bond motifs is 1. The third-order valence-corrected chi connectivity index (χ3v) is 3.91. The molecule has 0 bridgehead atoms. The van der Waals surface area contributed by atoms with Crippen LogP contribution in [0.5, 0.6) is 0 Å². The smallest absolute Gasteiger partial charge is 0.161 e. The van der Waals surface area contributed by atoms with Gasteiger partial charge in [-0.05, 0) is 46.4 Å². The molecule has 1 aliphatic rings. The molecule has 1 aliphatic heterocycles. The highest BCUT2D eigenvalue weighted by Gasteiger charge is 2.19. The Morgan fingerprint density at radius 1 is 1.25 bits per heavy atom. The summed E-state index contributed by atoms with van der Waals surface area (Å²) in [6.07, 6.45) is 4.60. The summed E-state index contributed by atoms with van der Waals surface area (Å²) in [6.45, 7) is 6.21. The highest BCUT2D eigenvalue weighted by molar-refractivity contribution is 9.10. The van der Waals surface area contributed by atoms with Crippen molar-refractivity contribution in [3.63, 3.8) is 0 Å². The van der Waals surface area contributed by atoms with E-state index in [0.717, 1.165) is 41.1 Å². The lowest BCUT2D eigenvalue weighted by Crippen LogP contribution is -2.27. The molecule has 2 aromatic heterocycles. The van der Waals surface area contributed by atoms with Gasteiger partial charge < -0.3 is 5.32 Å². The molecule has 3 heterocycles. The molecule has 0 radical (unpaired) electrons. The van der Waals surface area contributed by atoms with Crippen LogP contribution >= 0.6 is 15.9 Å². The van der Waals surface area contributed by atoms with Crippen molar-refractivity contribution in [1.29, 1.82) is 0 Å². The Morgan fingerprint density at radius 2 is 2.10 bits per heavy atom. The van der Waals surface area contributed by atoms with Gasteiger partial charge in [-0.1, -0.05) is 13.8 Å². The van der Waals surface area contributed by atoms with Gasteiger partial charge in [-0.2, -0.15) is 0 Å². The van der Waals surface area contributed by atoms with E-state index in [1.807, 2.05) is 12.3 Å². The zero-order valence-corrected chi connectivity index (χ0v) is 13.2. The maximum Gasteiger partial charge on any atom is 0.161 e. The summed E-state index contributed by atoms with van der Waals surface area (Å²) >= 11 is 3.45. The van der Waals surface area contributed by atoms with Crippen molar-refractivity contribution >= 4 is 15.9 Å². The van der Waals surface area contributed by atoms with E-state index in [0.29, 0.717) is 5.92 Å². The quantitative estimate of drug-likeness (QED) is 0.918. The Kier molecular flexibility index (Phi) is 3.81. The fourth-order valence-corrected chi connectivity index (χ4v) is 2.89. The van der Waals surface area contributed by atoms with E-state index in [1.165, 1.54) is 11.3 Å². The second-order valence-corrected chi connectivity index (χ2v) is 6.25. The lowest BCUT2D eigenvalue weighted by molar-refractivity contribution is 0.609. The lowest BCUT2D eigenvalue weighted by atomic mass is 9.97. The zero-order valence-electron chi connectivity index (χ0n) is 11.7. The number of pyridine rings is 1. The number of rotatable bonds is 2. The number of halogens is 1. The number of aromatic nitrogens is 3. The first kappa shape index (κ1) is 13.6. The molecule has 0 aromatic carbocycles. The summed E-state index contributed by atoms with van der Waals surface area (Å²) < 4.78 is 0.945. The van der Waals surface area contributed by atoms with Crippen LogP contribution in [0.25, 0.3) is 11.4 Å². The van der Waals surface area contributed by atoms with Crippen LogP contribution in [0.3, 0.4) is 0 Å². The third kappa shape index (κ3) is 2.60. The molecule has 1 N–H and O–H groups in total. The van der Waals surface area contributed by atoms with Gasteiger partial charge in [0.05, 0.1) is 11.4 Å². The molecule has 20 heavy (non-hydrogen) atoms. The Labute approximate surface area is 127 Å². The Bertz CT molecular complexity index is 640. The highest BCUT2D eigenvalue weighted by Crippen LogP contribution is 2.26. The van der Waals surface area contributed by atoms with Gasteiger partial charge in [0, 0.05) is 29.0 Å². The molecule has 104 valence electrons. The monoisotopic (exact) mass is 332 g/mol. The summed E-state index contributed by atoms with van der Waals surface area (Å²) in [6, 6.07) is 2.01. The summed E-state index contributed by atoms with van der Waals surface area (Å²) in [4.78, 5) is 13.7. The van der Waals surface area contributed by atoms with Gasteiger partial charge >= 0.3 is 0 Å². The first-order chi connectivity index (χ1) is 9.65. The normalized spacial score (nSPS) is 14.4. The van der Waals surface area contributed by atoms with Gasteiger partial charge in [0.15, 0.2) is 5.82 Å². The van der Waals surface area contributed by atoms with E-state index in [2.05, 4.69) is 40.1 Å². The average Bonchev–Trinajstić information content (AvgIpc) is 2.46. The van der Waals surface area contributed by atoms with Crippen molar-refractivity contribution in [2.24, 2.45) is 0 Å². The summed E-state index contributed by atoms with van der Waals surface area (Å²) in [7, 11) is 0. The van der Waals surface area contributed by atoms with Crippen molar-refractivity contribution in [3.8, 4) is 11.4 Å². The molecule has 0 saturated heterocycles. The SMILES string of the molecule is CC(C)c1nc(-c2cncc(Br)c2)nc2c1CCNC2. The summed E-state index contributed by atoms with van der Waals surface area (Å²) in [5.74, 6) is 1.17. The summed E-state index contributed by atoms with van der Waals surface area (Å²) in [5.41, 5.74) is 4.58. The zero-order chi connectivity index (χ0) is 14.1. The van der Waals surface area contributed by atoms with Gasteiger partial charge in [-0.25, -0.2) is 9.97 Å². The molecule has 0 fully saturated rings. The molecule has 0 aliphatic carbocycles. The number of nitrogens with zero attached hydrogens (tertiary/aromatic N) is 3. The Balaban J connectivity index is 2.15. The van der Waals surface area contributed by atoms with Crippen molar-refractivity contribution in [2.75, 3.05) is 6.54 Å². The van der Waals surface area contributed by atoms with Crippen LogP contribution < -0.4 is 5.32 Å². The van der Waals surface area contributed by atoms with Crippen LogP contribution in [-0.2, 0) is 13.0 Å². The largest absolute Gasteiger partial charge is 0.311 e. The number of nitrogens with one attached hydrogen (secondary N) is 1. The first-order valence-electron chi connectivity index (χ1n) is 6.86. The van der Waals surface area contributed by atoms with Crippen LogP contribution in [0.15, 0.2) is 22.9 Å². The number of hydrogen-bond donors (Lipinski definition) is 1. The second kappa shape index (κ2) is 5.58. The molecule has 0 spiro atoms. The standard InChI is InChI=1S/C15H17BrN4/c1-9(2)14-12-3-4-17-8-13(12)19-15(20-14)10-5-11(16)7-18-6-10/h5-7,9,17H,3-4,8H2,1-2H3. The van der Waals surface area contributed by atoms with Gasteiger partial charge in [0.1, 0.15) is 0 Å². The molecule has 0 atom stereocenters. The maximum atomic E-state index is 4.80. The summed E-state index contributed by atoms with van der Waals surface area (Å²) in [5, 5.41) is 3.38. The molecular weight excluding hydrogens is 316 g/mol. The molecule has 0 saturated carbocycles. The van der Waals surface area contributed by atoms with Crippen LogP contribution in [0.4, 0.5) is 0 Å². The van der Waals surface area contributed by atoms with Gasteiger partial charge in [-0.3, -0.25) is 4.98 Å². The van der Waals surface area contributed by atoms with Crippen LogP contribution in [-0.4, -0.2) is 21.5 Å². The molecule has 3 rings (SSSR count). The predicted octanol–water partition coefficient (Wildman–Crippen LogP) is 3.07. The van der Waals surface area contributed by atoms with E-state index in [-0.39, 0.29) is 0 Å². The minimum atomic E-state index is 0.406. The fraction of sp³-hybridized carbons (Fsp3) is 0.400. The molecule has 2 aromatic rings. The minimum Gasteiger partial charge on any atom is -0.311 e. The predicted molar refractivity (Wildman–Crippen MR) is 82.5 cm³/mol. The fourth-order valence-electron chi connectivity index (χ4n) is 2.53. The van der Waals surface area contributed by atoms with Gasteiger partial charge in [0.2, 0.25) is 0 Å². The van der Waals surface area contributed by atoms with E-state index < -0.39 is 0 Å². The molecular formula is C15H17BrN4. The molecule has 0 amide bonds. The Morgan fingerprint density at radius 3 is 2.85 bits per heavy atom. The van der Waals surface area contributed by atoms with E-state index in [4.69, 9.17) is 9.97 Å². The van der Waals surface area contributed by atoms with Crippen molar-refractivity contribution in [2.45, 2.75) is 32.7 Å². The minimum absolute atomic E-state index is 0.406. The van der Waals surface area contributed by atoms with Crippen molar-refractivity contribution in [1.82, 2.24) is 20.3 Å². The van der Waals surface area contributed by atoms with Crippen molar-refractivity contribution < 1.29 is 0 Å². The van der Waals surface area contributed by atoms with Crippen molar-refractivity contribution in [3.05, 3.63) is 39.9 Å². The Hall–Kier alpha value is -1.33. The highest BCUT2D eigenvalue weighted by atomic mass is 79.9. The molecule has 5 heteroatoms. The third-order valence-electron chi connectivity index (χ3n) is 3.48. The average molecular weight is 333 g/mol.